The lowest BCUT2D eigenvalue weighted by atomic mass is 10.1. The third-order valence-corrected chi connectivity index (χ3v) is 3.71. The predicted octanol–water partition coefficient (Wildman–Crippen LogP) is 3.53. The summed E-state index contributed by atoms with van der Waals surface area (Å²) in [5, 5.41) is 4.11. The number of aromatic nitrogens is 1. The number of rotatable bonds is 6. The molecule has 1 heterocycles. The Bertz CT molecular complexity index is 320. The third-order valence-electron chi connectivity index (χ3n) is 2.36. The van der Waals surface area contributed by atoms with Crippen LogP contribution in [0, 0.1) is 0 Å². The van der Waals surface area contributed by atoms with Gasteiger partial charge in [0.05, 0.1) is 0 Å². The van der Waals surface area contributed by atoms with Crippen LogP contribution in [0.15, 0.2) is 18.3 Å². The smallest absolute Gasteiger partial charge is 0.129 e. The highest BCUT2D eigenvalue weighted by atomic mass is 35.5. The Hall–Kier alpha value is -0.250. The van der Waals surface area contributed by atoms with E-state index in [4.69, 9.17) is 11.6 Å². The molecule has 1 aromatic rings. The molecular formula is C12H19ClN2S. The fourth-order valence-corrected chi connectivity index (χ4v) is 2.42. The van der Waals surface area contributed by atoms with Gasteiger partial charge in [0.25, 0.3) is 0 Å². The quantitative estimate of drug-likeness (QED) is 0.791. The van der Waals surface area contributed by atoms with Gasteiger partial charge in [-0.05, 0) is 37.3 Å². The Labute approximate surface area is 107 Å². The first-order chi connectivity index (χ1) is 7.63. The number of thioether (sulfide) groups is 1. The Morgan fingerprint density at radius 1 is 1.50 bits per heavy atom. The molecule has 0 aromatic carbocycles. The molecule has 4 heteroatoms. The fraction of sp³-hybridized carbons (Fsp3) is 0.583. The van der Waals surface area contributed by atoms with E-state index >= 15 is 0 Å². The van der Waals surface area contributed by atoms with Crippen molar-refractivity contribution in [3.63, 3.8) is 0 Å². The van der Waals surface area contributed by atoms with Crippen molar-refractivity contribution in [3.8, 4) is 0 Å². The lowest BCUT2D eigenvalue weighted by molar-refractivity contribution is 0.511. The van der Waals surface area contributed by atoms with Crippen LogP contribution in [0.4, 0.5) is 0 Å². The van der Waals surface area contributed by atoms with Gasteiger partial charge in [0.1, 0.15) is 5.15 Å². The normalized spacial score (nSPS) is 14.8. The summed E-state index contributed by atoms with van der Waals surface area (Å²) in [7, 11) is 0. The summed E-state index contributed by atoms with van der Waals surface area (Å²) >= 11 is 7.82. The maximum Gasteiger partial charge on any atom is 0.129 e. The first-order valence-corrected chi connectivity index (χ1v) is 7.12. The highest BCUT2D eigenvalue weighted by Crippen LogP contribution is 2.16. The standard InChI is InChI=1S/C12H19ClN2S/c1-4-16-8-9(2)15-10(3)11-5-6-14-12(13)7-11/h5-7,9-10,15H,4,8H2,1-3H3. The minimum atomic E-state index is 0.313. The third kappa shape index (κ3) is 4.73. The predicted molar refractivity (Wildman–Crippen MR) is 73.3 cm³/mol. The second-order valence-corrected chi connectivity index (χ2v) is 5.57. The summed E-state index contributed by atoms with van der Waals surface area (Å²) in [6, 6.07) is 4.74. The molecular weight excluding hydrogens is 240 g/mol. The lowest BCUT2D eigenvalue weighted by Gasteiger charge is -2.20. The highest BCUT2D eigenvalue weighted by Gasteiger charge is 2.09. The van der Waals surface area contributed by atoms with Crippen molar-refractivity contribution in [1.29, 1.82) is 0 Å². The van der Waals surface area contributed by atoms with Gasteiger partial charge in [-0.25, -0.2) is 4.98 Å². The average molecular weight is 259 g/mol. The van der Waals surface area contributed by atoms with E-state index in [1.54, 1.807) is 6.20 Å². The minimum absolute atomic E-state index is 0.313. The zero-order valence-corrected chi connectivity index (χ0v) is 11.6. The molecule has 0 aliphatic heterocycles. The second-order valence-electron chi connectivity index (χ2n) is 3.86. The summed E-state index contributed by atoms with van der Waals surface area (Å²) in [4.78, 5) is 3.98. The molecule has 90 valence electrons. The van der Waals surface area contributed by atoms with Crippen LogP contribution in [0.3, 0.4) is 0 Å². The van der Waals surface area contributed by atoms with E-state index in [0.717, 1.165) is 5.75 Å². The van der Waals surface area contributed by atoms with Gasteiger partial charge < -0.3 is 5.32 Å². The van der Waals surface area contributed by atoms with Gasteiger partial charge in [-0.3, -0.25) is 0 Å². The number of hydrogen-bond donors (Lipinski definition) is 1. The fourth-order valence-electron chi connectivity index (χ4n) is 1.55. The molecule has 0 amide bonds. The first-order valence-electron chi connectivity index (χ1n) is 5.58. The van der Waals surface area contributed by atoms with Gasteiger partial charge in [-0.2, -0.15) is 11.8 Å². The molecule has 0 saturated heterocycles. The van der Waals surface area contributed by atoms with Crippen LogP contribution < -0.4 is 5.32 Å². The van der Waals surface area contributed by atoms with Crippen LogP contribution in [-0.4, -0.2) is 22.5 Å². The van der Waals surface area contributed by atoms with Gasteiger partial charge in [0, 0.05) is 24.0 Å². The van der Waals surface area contributed by atoms with E-state index in [9.17, 15) is 0 Å². The van der Waals surface area contributed by atoms with Crippen LogP contribution in [0.5, 0.6) is 0 Å². The van der Waals surface area contributed by atoms with Crippen LogP contribution in [0.2, 0.25) is 5.15 Å². The van der Waals surface area contributed by atoms with Crippen molar-refractivity contribution in [2.45, 2.75) is 32.9 Å². The van der Waals surface area contributed by atoms with Crippen molar-refractivity contribution >= 4 is 23.4 Å². The monoisotopic (exact) mass is 258 g/mol. The molecule has 0 radical (unpaired) electrons. The molecule has 2 nitrogen and oxygen atoms in total. The summed E-state index contributed by atoms with van der Waals surface area (Å²) in [5.41, 5.74) is 1.19. The molecule has 2 unspecified atom stereocenters. The van der Waals surface area contributed by atoms with Gasteiger partial charge in [-0.15, -0.1) is 0 Å². The van der Waals surface area contributed by atoms with E-state index in [2.05, 4.69) is 31.1 Å². The van der Waals surface area contributed by atoms with Crippen LogP contribution in [0.1, 0.15) is 32.4 Å². The lowest BCUT2D eigenvalue weighted by Crippen LogP contribution is -2.30. The Balaban J connectivity index is 2.48. The van der Waals surface area contributed by atoms with Crippen LogP contribution >= 0.6 is 23.4 Å². The van der Waals surface area contributed by atoms with E-state index in [1.165, 1.54) is 11.3 Å². The van der Waals surface area contributed by atoms with Gasteiger partial charge in [0.15, 0.2) is 0 Å². The molecule has 16 heavy (non-hydrogen) atoms. The molecule has 2 atom stereocenters. The molecule has 0 spiro atoms. The highest BCUT2D eigenvalue weighted by molar-refractivity contribution is 7.99. The van der Waals surface area contributed by atoms with Gasteiger partial charge in [0.2, 0.25) is 0 Å². The SMILES string of the molecule is CCSCC(C)NC(C)c1ccnc(Cl)c1. The van der Waals surface area contributed by atoms with Crippen molar-refractivity contribution in [2.75, 3.05) is 11.5 Å². The first kappa shape index (κ1) is 13.8. The van der Waals surface area contributed by atoms with E-state index < -0.39 is 0 Å². The maximum atomic E-state index is 5.87. The van der Waals surface area contributed by atoms with E-state index in [-0.39, 0.29) is 0 Å². The second kappa shape index (κ2) is 7.15. The molecule has 0 bridgehead atoms. The number of nitrogens with one attached hydrogen (secondary N) is 1. The molecule has 1 aromatic heterocycles. The van der Waals surface area contributed by atoms with Crippen molar-refractivity contribution in [1.82, 2.24) is 10.3 Å². The van der Waals surface area contributed by atoms with Crippen molar-refractivity contribution < 1.29 is 0 Å². The molecule has 1 rings (SSSR count). The molecule has 0 saturated carbocycles. The molecule has 1 N–H and O–H groups in total. The van der Waals surface area contributed by atoms with Gasteiger partial charge in [-0.1, -0.05) is 18.5 Å². The summed E-state index contributed by atoms with van der Waals surface area (Å²) in [6.07, 6.45) is 1.75. The van der Waals surface area contributed by atoms with E-state index in [1.807, 2.05) is 23.9 Å². The zero-order chi connectivity index (χ0) is 12.0. The van der Waals surface area contributed by atoms with Crippen LogP contribution in [0.25, 0.3) is 0 Å². The summed E-state index contributed by atoms with van der Waals surface area (Å²) in [6.45, 7) is 6.55. The number of hydrogen-bond acceptors (Lipinski definition) is 3. The van der Waals surface area contributed by atoms with E-state index in [0.29, 0.717) is 17.2 Å². The molecule has 0 fully saturated rings. The zero-order valence-electron chi connectivity index (χ0n) is 10.0. The number of pyridine rings is 1. The Morgan fingerprint density at radius 2 is 2.25 bits per heavy atom. The summed E-state index contributed by atoms with van der Waals surface area (Å²) in [5.74, 6) is 2.31. The molecule has 0 aliphatic rings. The Morgan fingerprint density at radius 3 is 2.88 bits per heavy atom. The average Bonchev–Trinajstić information content (AvgIpc) is 2.26. The number of halogens is 1. The van der Waals surface area contributed by atoms with Crippen molar-refractivity contribution in [3.05, 3.63) is 29.0 Å². The topological polar surface area (TPSA) is 24.9 Å². The number of nitrogens with zero attached hydrogens (tertiary/aromatic N) is 1. The summed E-state index contributed by atoms with van der Waals surface area (Å²) < 4.78 is 0. The van der Waals surface area contributed by atoms with Crippen molar-refractivity contribution in [2.24, 2.45) is 0 Å². The largest absolute Gasteiger partial charge is 0.307 e. The van der Waals surface area contributed by atoms with Gasteiger partial charge >= 0.3 is 0 Å². The maximum absolute atomic E-state index is 5.87. The van der Waals surface area contributed by atoms with Crippen LogP contribution in [-0.2, 0) is 0 Å². The molecule has 0 aliphatic carbocycles. The minimum Gasteiger partial charge on any atom is -0.307 e. The Kier molecular flexibility index (Phi) is 6.17.